The van der Waals surface area contributed by atoms with E-state index in [2.05, 4.69) is 0 Å². The van der Waals surface area contributed by atoms with Crippen LogP contribution in [0.1, 0.15) is 44.1 Å². The standard InChI is InChI=1S/C23H29F3N4O4/c24-23(25,26)18-3-4-19(20(15-18)30(33)34)27-11-5-16(6-12-27)22(32)29-13-7-17(8-14-29)21(31)28-9-1-2-10-28/h3-4,15-17H,1-2,5-14H2. The number of rotatable bonds is 4. The van der Waals surface area contributed by atoms with Crippen LogP contribution in [0.5, 0.6) is 0 Å². The van der Waals surface area contributed by atoms with E-state index in [1.807, 2.05) is 9.80 Å². The largest absolute Gasteiger partial charge is 0.416 e. The first-order valence-corrected chi connectivity index (χ1v) is 11.8. The number of nitrogens with zero attached hydrogens (tertiary/aromatic N) is 4. The zero-order valence-electron chi connectivity index (χ0n) is 18.9. The van der Waals surface area contributed by atoms with Gasteiger partial charge < -0.3 is 14.7 Å². The van der Waals surface area contributed by atoms with Gasteiger partial charge in [0, 0.05) is 57.2 Å². The number of piperidine rings is 2. The maximum absolute atomic E-state index is 13.0. The summed E-state index contributed by atoms with van der Waals surface area (Å²) < 4.78 is 38.9. The molecule has 3 aliphatic heterocycles. The molecule has 0 unspecified atom stereocenters. The Balaban J connectivity index is 1.32. The van der Waals surface area contributed by atoms with Crippen LogP contribution < -0.4 is 4.90 Å². The van der Waals surface area contributed by atoms with E-state index in [-0.39, 0.29) is 29.3 Å². The highest BCUT2D eigenvalue weighted by Gasteiger charge is 2.37. The summed E-state index contributed by atoms with van der Waals surface area (Å²) in [5.74, 6) is -0.00973. The maximum atomic E-state index is 13.0. The molecule has 0 bridgehead atoms. The third kappa shape index (κ3) is 5.12. The minimum absolute atomic E-state index is 0.0239. The van der Waals surface area contributed by atoms with Crippen molar-refractivity contribution >= 4 is 23.2 Å². The highest BCUT2D eigenvalue weighted by molar-refractivity contribution is 5.81. The molecule has 1 aromatic carbocycles. The number of hydrogen-bond donors (Lipinski definition) is 0. The van der Waals surface area contributed by atoms with Gasteiger partial charge in [0.1, 0.15) is 5.69 Å². The molecular formula is C23H29F3N4O4. The molecule has 34 heavy (non-hydrogen) atoms. The van der Waals surface area contributed by atoms with E-state index < -0.39 is 22.4 Å². The summed E-state index contributed by atoms with van der Waals surface area (Å²) in [5, 5.41) is 11.4. The summed E-state index contributed by atoms with van der Waals surface area (Å²) in [7, 11) is 0. The molecule has 1 aromatic rings. The Morgan fingerprint density at radius 2 is 1.35 bits per heavy atom. The van der Waals surface area contributed by atoms with Crippen molar-refractivity contribution in [2.24, 2.45) is 11.8 Å². The zero-order valence-corrected chi connectivity index (χ0v) is 18.9. The summed E-state index contributed by atoms with van der Waals surface area (Å²) in [6.07, 6.45) is -0.271. The molecule has 3 saturated heterocycles. The lowest BCUT2D eigenvalue weighted by Gasteiger charge is -2.38. The minimum atomic E-state index is -4.66. The average Bonchev–Trinajstić information content (AvgIpc) is 3.37. The molecule has 3 fully saturated rings. The summed E-state index contributed by atoms with van der Waals surface area (Å²) >= 11 is 0. The molecule has 2 amide bonds. The van der Waals surface area contributed by atoms with E-state index in [0.29, 0.717) is 57.9 Å². The van der Waals surface area contributed by atoms with Crippen LogP contribution >= 0.6 is 0 Å². The van der Waals surface area contributed by atoms with Crippen LogP contribution in [0, 0.1) is 22.0 Å². The molecule has 3 aliphatic rings. The summed E-state index contributed by atoms with van der Waals surface area (Å²) in [6.45, 7) is 3.46. The summed E-state index contributed by atoms with van der Waals surface area (Å²) in [4.78, 5) is 41.7. The molecule has 0 radical (unpaired) electrons. The van der Waals surface area contributed by atoms with E-state index in [1.54, 1.807) is 4.90 Å². The van der Waals surface area contributed by atoms with Crippen molar-refractivity contribution < 1.29 is 27.7 Å². The molecule has 11 heteroatoms. The van der Waals surface area contributed by atoms with Crippen molar-refractivity contribution in [3.8, 4) is 0 Å². The molecule has 0 saturated carbocycles. The molecular weight excluding hydrogens is 453 g/mol. The Kier molecular flexibility index (Phi) is 6.99. The van der Waals surface area contributed by atoms with E-state index in [1.165, 1.54) is 0 Å². The molecule has 8 nitrogen and oxygen atoms in total. The first kappa shape index (κ1) is 24.3. The minimum Gasteiger partial charge on any atom is -0.366 e. The number of amides is 2. The average molecular weight is 483 g/mol. The molecule has 0 aromatic heterocycles. The second-order valence-electron chi connectivity index (χ2n) is 9.35. The first-order chi connectivity index (χ1) is 16.1. The van der Waals surface area contributed by atoms with Crippen LogP contribution in [-0.4, -0.2) is 65.8 Å². The van der Waals surface area contributed by atoms with Gasteiger partial charge >= 0.3 is 6.18 Å². The fourth-order valence-electron chi connectivity index (χ4n) is 5.28. The van der Waals surface area contributed by atoms with Crippen LogP contribution in [0.15, 0.2) is 18.2 Å². The van der Waals surface area contributed by atoms with Gasteiger partial charge in [0.25, 0.3) is 5.69 Å². The fraction of sp³-hybridized carbons (Fsp3) is 0.652. The van der Waals surface area contributed by atoms with Gasteiger partial charge in [-0.1, -0.05) is 0 Å². The molecule has 0 atom stereocenters. The number of anilines is 1. The quantitative estimate of drug-likeness (QED) is 0.483. The van der Waals surface area contributed by atoms with Crippen LogP contribution in [-0.2, 0) is 15.8 Å². The third-order valence-electron chi connectivity index (χ3n) is 7.26. The topological polar surface area (TPSA) is 87.0 Å². The molecule has 186 valence electrons. The molecule has 0 N–H and O–H groups in total. The Morgan fingerprint density at radius 3 is 1.85 bits per heavy atom. The lowest BCUT2D eigenvalue weighted by atomic mass is 9.91. The van der Waals surface area contributed by atoms with Crippen LogP contribution in [0.4, 0.5) is 24.5 Å². The smallest absolute Gasteiger partial charge is 0.366 e. The summed E-state index contributed by atoms with van der Waals surface area (Å²) in [5.41, 5.74) is -1.49. The van der Waals surface area contributed by atoms with Gasteiger partial charge in [0.2, 0.25) is 11.8 Å². The van der Waals surface area contributed by atoms with Crippen molar-refractivity contribution in [1.29, 1.82) is 0 Å². The van der Waals surface area contributed by atoms with Crippen molar-refractivity contribution in [3.05, 3.63) is 33.9 Å². The van der Waals surface area contributed by atoms with Crippen molar-refractivity contribution in [3.63, 3.8) is 0 Å². The Labute approximate surface area is 195 Å². The number of likely N-dealkylation sites (tertiary alicyclic amines) is 2. The lowest BCUT2D eigenvalue weighted by molar-refractivity contribution is -0.384. The molecule has 0 spiro atoms. The van der Waals surface area contributed by atoms with Crippen molar-refractivity contribution in [2.75, 3.05) is 44.2 Å². The second kappa shape index (κ2) is 9.79. The molecule has 0 aliphatic carbocycles. The molecule has 3 heterocycles. The monoisotopic (exact) mass is 482 g/mol. The molecule has 4 rings (SSSR count). The second-order valence-corrected chi connectivity index (χ2v) is 9.35. The SMILES string of the molecule is O=C(C1CCN(C(=O)C2CCN(c3ccc(C(F)(F)F)cc3[N+](=O)[O-])CC2)CC1)N1CCCC1. The number of halogens is 3. The lowest BCUT2D eigenvalue weighted by Crippen LogP contribution is -2.47. The Hall–Kier alpha value is -2.85. The van der Waals surface area contributed by atoms with Crippen LogP contribution in [0.2, 0.25) is 0 Å². The van der Waals surface area contributed by atoms with Gasteiger partial charge in [-0.15, -0.1) is 0 Å². The van der Waals surface area contributed by atoms with Gasteiger partial charge in [0.05, 0.1) is 10.5 Å². The van der Waals surface area contributed by atoms with Crippen molar-refractivity contribution in [2.45, 2.75) is 44.7 Å². The number of carbonyl (C=O) groups is 2. The normalized spacial score (nSPS) is 20.6. The van der Waals surface area contributed by atoms with Gasteiger partial charge in [-0.2, -0.15) is 13.2 Å². The number of nitro benzene ring substituents is 1. The van der Waals surface area contributed by atoms with Crippen LogP contribution in [0.3, 0.4) is 0 Å². The maximum Gasteiger partial charge on any atom is 0.416 e. The fourth-order valence-corrected chi connectivity index (χ4v) is 5.28. The summed E-state index contributed by atoms with van der Waals surface area (Å²) in [6, 6.07) is 2.57. The van der Waals surface area contributed by atoms with Crippen LogP contribution in [0.25, 0.3) is 0 Å². The van der Waals surface area contributed by atoms with Gasteiger partial charge in [-0.25, -0.2) is 0 Å². The first-order valence-electron chi connectivity index (χ1n) is 11.8. The van der Waals surface area contributed by atoms with E-state index >= 15 is 0 Å². The van der Waals surface area contributed by atoms with Gasteiger partial charge in [-0.3, -0.25) is 19.7 Å². The zero-order chi connectivity index (χ0) is 24.5. The predicted octanol–water partition coefficient (Wildman–Crippen LogP) is 3.69. The van der Waals surface area contributed by atoms with E-state index in [4.69, 9.17) is 0 Å². The van der Waals surface area contributed by atoms with Gasteiger partial charge in [-0.05, 0) is 50.7 Å². The Bertz CT molecular complexity index is 933. The number of alkyl halides is 3. The predicted molar refractivity (Wildman–Crippen MR) is 118 cm³/mol. The number of carbonyl (C=O) groups excluding carboxylic acids is 2. The number of nitro groups is 1. The third-order valence-corrected chi connectivity index (χ3v) is 7.26. The highest BCUT2D eigenvalue weighted by Crippen LogP contribution is 2.38. The highest BCUT2D eigenvalue weighted by atomic mass is 19.4. The van der Waals surface area contributed by atoms with Crippen molar-refractivity contribution in [1.82, 2.24) is 9.80 Å². The number of hydrogen-bond acceptors (Lipinski definition) is 5. The number of benzene rings is 1. The van der Waals surface area contributed by atoms with E-state index in [9.17, 15) is 32.9 Å². The van der Waals surface area contributed by atoms with Gasteiger partial charge in [0.15, 0.2) is 0 Å². The van der Waals surface area contributed by atoms with E-state index in [0.717, 1.165) is 38.1 Å². The Morgan fingerprint density at radius 1 is 0.853 bits per heavy atom.